The van der Waals surface area contributed by atoms with Gasteiger partial charge in [-0.15, -0.1) is 0 Å². The SMILES string of the molecule is O=C1OCCC12CCN(CC(O)c1cc(F)ccc1F)CC2. The van der Waals surface area contributed by atoms with Gasteiger partial charge in [-0.25, -0.2) is 8.78 Å². The first-order valence-electron chi connectivity index (χ1n) is 7.53. The van der Waals surface area contributed by atoms with Crippen LogP contribution in [0.4, 0.5) is 8.78 Å². The number of carbonyl (C=O) groups excluding carboxylic acids is 1. The van der Waals surface area contributed by atoms with Crippen molar-refractivity contribution in [1.29, 1.82) is 0 Å². The fourth-order valence-corrected chi connectivity index (χ4v) is 3.32. The van der Waals surface area contributed by atoms with Crippen molar-refractivity contribution in [2.75, 3.05) is 26.2 Å². The Bertz CT molecular complexity index is 571. The highest BCUT2D eigenvalue weighted by Gasteiger charge is 2.46. The molecule has 120 valence electrons. The van der Waals surface area contributed by atoms with Gasteiger partial charge < -0.3 is 14.7 Å². The lowest BCUT2D eigenvalue weighted by atomic mass is 9.77. The van der Waals surface area contributed by atoms with E-state index in [4.69, 9.17) is 4.74 Å². The number of nitrogens with zero attached hydrogens (tertiary/aromatic N) is 1. The number of piperidine rings is 1. The maximum atomic E-state index is 13.7. The van der Waals surface area contributed by atoms with Crippen molar-refractivity contribution in [3.8, 4) is 0 Å². The Kier molecular flexibility index (Phi) is 4.14. The normalized spacial score (nSPS) is 22.8. The number of rotatable bonds is 3. The Morgan fingerprint density at radius 1 is 1.27 bits per heavy atom. The molecule has 0 aliphatic carbocycles. The third kappa shape index (κ3) is 2.85. The molecule has 1 aromatic rings. The first kappa shape index (κ1) is 15.4. The van der Waals surface area contributed by atoms with E-state index in [1.807, 2.05) is 4.90 Å². The number of carbonyl (C=O) groups is 1. The summed E-state index contributed by atoms with van der Waals surface area (Å²) in [5.74, 6) is -1.30. The van der Waals surface area contributed by atoms with Crippen LogP contribution in [0.3, 0.4) is 0 Å². The van der Waals surface area contributed by atoms with Crippen LogP contribution in [0, 0.1) is 17.0 Å². The van der Waals surface area contributed by atoms with Gasteiger partial charge in [0.05, 0.1) is 18.1 Å². The van der Waals surface area contributed by atoms with Gasteiger partial charge >= 0.3 is 5.97 Å². The van der Waals surface area contributed by atoms with E-state index in [1.54, 1.807) is 0 Å². The number of hydrogen-bond donors (Lipinski definition) is 1. The number of likely N-dealkylation sites (tertiary alicyclic amines) is 1. The molecule has 0 aromatic heterocycles. The van der Waals surface area contributed by atoms with Crippen LogP contribution in [0.2, 0.25) is 0 Å². The van der Waals surface area contributed by atoms with Crippen LogP contribution >= 0.6 is 0 Å². The summed E-state index contributed by atoms with van der Waals surface area (Å²) in [4.78, 5) is 13.8. The molecule has 1 unspecified atom stereocenters. The molecular formula is C16H19F2NO3. The Morgan fingerprint density at radius 3 is 2.64 bits per heavy atom. The number of benzene rings is 1. The van der Waals surface area contributed by atoms with Crippen molar-refractivity contribution < 1.29 is 23.4 Å². The molecular weight excluding hydrogens is 292 g/mol. The van der Waals surface area contributed by atoms with E-state index in [2.05, 4.69) is 0 Å². The van der Waals surface area contributed by atoms with Crippen molar-refractivity contribution in [1.82, 2.24) is 4.90 Å². The largest absolute Gasteiger partial charge is 0.465 e. The number of esters is 1. The van der Waals surface area contributed by atoms with E-state index in [9.17, 15) is 18.7 Å². The van der Waals surface area contributed by atoms with Gasteiger partial charge in [0.1, 0.15) is 11.6 Å². The highest BCUT2D eigenvalue weighted by atomic mass is 19.1. The first-order chi connectivity index (χ1) is 10.5. The molecule has 0 amide bonds. The lowest BCUT2D eigenvalue weighted by Crippen LogP contribution is -2.43. The summed E-state index contributed by atoms with van der Waals surface area (Å²) < 4.78 is 31.9. The molecule has 2 heterocycles. The topological polar surface area (TPSA) is 49.8 Å². The van der Waals surface area contributed by atoms with Gasteiger partial charge in [0.25, 0.3) is 0 Å². The smallest absolute Gasteiger partial charge is 0.312 e. The molecule has 0 radical (unpaired) electrons. The first-order valence-corrected chi connectivity index (χ1v) is 7.53. The van der Waals surface area contributed by atoms with Crippen LogP contribution in [-0.2, 0) is 9.53 Å². The Balaban J connectivity index is 1.60. The maximum absolute atomic E-state index is 13.7. The van der Waals surface area contributed by atoms with Crippen molar-refractivity contribution >= 4 is 5.97 Å². The highest BCUT2D eigenvalue weighted by molar-refractivity contribution is 5.78. The zero-order valence-corrected chi connectivity index (χ0v) is 12.2. The number of cyclic esters (lactones) is 1. The molecule has 3 rings (SSSR count). The van der Waals surface area contributed by atoms with E-state index >= 15 is 0 Å². The molecule has 2 aliphatic heterocycles. The van der Waals surface area contributed by atoms with Crippen LogP contribution in [0.1, 0.15) is 30.9 Å². The van der Waals surface area contributed by atoms with Gasteiger partial charge in [-0.2, -0.15) is 0 Å². The van der Waals surface area contributed by atoms with E-state index in [-0.39, 0.29) is 23.5 Å². The minimum absolute atomic E-state index is 0.0273. The summed E-state index contributed by atoms with van der Waals surface area (Å²) in [5.41, 5.74) is -0.397. The molecule has 2 aliphatic rings. The van der Waals surface area contributed by atoms with Crippen molar-refractivity contribution in [2.45, 2.75) is 25.4 Å². The van der Waals surface area contributed by atoms with Crippen LogP contribution in [0.5, 0.6) is 0 Å². The van der Waals surface area contributed by atoms with Gasteiger partial charge in [0.15, 0.2) is 0 Å². The molecule has 1 spiro atoms. The van der Waals surface area contributed by atoms with Crippen molar-refractivity contribution in [3.63, 3.8) is 0 Å². The van der Waals surface area contributed by atoms with Crippen LogP contribution in [0.25, 0.3) is 0 Å². The zero-order valence-electron chi connectivity index (χ0n) is 12.2. The predicted molar refractivity (Wildman–Crippen MR) is 75.0 cm³/mol. The second-order valence-corrected chi connectivity index (χ2v) is 6.15. The Labute approximate surface area is 127 Å². The maximum Gasteiger partial charge on any atom is 0.312 e. The molecule has 1 aromatic carbocycles. The number of hydrogen-bond acceptors (Lipinski definition) is 4. The third-order valence-electron chi connectivity index (χ3n) is 4.81. The lowest BCUT2D eigenvalue weighted by molar-refractivity contribution is -0.148. The Morgan fingerprint density at radius 2 is 2.00 bits per heavy atom. The van der Waals surface area contributed by atoms with Crippen LogP contribution in [-0.4, -0.2) is 42.2 Å². The summed E-state index contributed by atoms with van der Waals surface area (Å²) in [6, 6.07) is 3.08. The second kappa shape index (κ2) is 5.93. The van der Waals surface area contributed by atoms with Gasteiger partial charge in [0.2, 0.25) is 0 Å². The quantitative estimate of drug-likeness (QED) is 0.868. The minimum atomic E-state index is -1.08. The summed E-state index contributed by atoms with van der Waals surface area (Å²) >= 11 is 0. The summed E-state index contributed by atoms with van der Waals surface area (Å²) in [6.07, 6.45) is 1.04. The van der Waals surface area contributed by atoms with Gasteiger partial charge in [-0.1, -0.05) is 0 Å². The fourth-order valence-electron chi connectivity index (χ4n) is 3.32. The number of ether oxygens (including phenoxy) is 1. The van der Waals surface area contributed by atoms with Gasteiger partial charge in [0, 0.05) is 12.1 Å². The van der Waals surface area contributed by atoms with Gasteiger partial charge in [-0.3, -0.25) is 4.79 Å². The average molecular weight is 311 g/mol. The molecule has 1 atom stereocenters. The average Bonchev–Trinajstić information content (AvgIpc) is 2.85. The number of aliphatic hydroxyl groups excluding tert-OH is 1. The van der Waals surface area contributed by atoms with Crippen LogP contribution < -0.4 is 0 Å². The zero-order chi connectivity index (χ0) is 15.7. The number of aliphatic hydroxyl groups is 1. The molecule has 4 nitrogen and oxygen atoms in total. The summed E-state index contributed by atoms with van der Waals surface area (Å²) in [7, 11) is 0. The van der Waals surface area contributed by atoms with Crippen LogP contribution in [0.15, 0.2) is 18.2 Å². The monoisotopic (exact) mass is 311 g/mol. The molecule has 2 saturated heterocycles. The molecule has 0 saturated carbocycles. The molecule has 6 heteroatoms. The van der Waals surface area contributed by atoms with E-state index < -0.39 is 17.7 Å². The molecule has 1 N–H and O–H groups in total. The summed E-state index contributed by atoms with van der Waals surface area (Å²) in [6.45, 7) is 1.99. The Hall–Kier alpha value is -1.53. The molecule has 22 heavy (non-hydrogen) atoms. The standard InChI is InChI=1S/C16H19F2NO3/c17-11-1-2-13(18)12(9-11)14(20)10-19-6-3-16(4-7-19)5-8-22-15(16)21/h1-2,9,14,20H,3-8,10H2. The van der Waals surface area contributed by atoms with E-state index in [1.165, 1.54) is 0 Å². The number of halogens is 2. The predicted octanol–water partition coefficient (Wildman–Crippen LogP) is 2.03. The second-order valence-electron chi connectivity index (χ2n) is 6.15. The summed E-state index contributed by atoms with van der Waals surface area (Å²) in [5, 5.41) is 10.1. The van der Waals surface area contributed by atoms with Crippen molar-refractivity contribution in [3.05, 3.63) is 35.4 Å². The van der Waals surface area contributed by atoms with Gasteiger partial charge in [-0.05, 0) is 50.6 Å². The third-order valence-corrected chi connectivity index (χ3v) is 4.81. The van der Waals surface area contributed by atoms with E-state index in [0.717, 1.165) is 24.6 Å². The highest BCUT2D eigenvalue weighted by Crippen LogP contribution is 2.40. The number of β-amino-alcohol motifs (C(OH)–C–C–N with tert-alkyl or cyclic N) is 1. The molecule has 0 bridgehead atoms. The molecule has 2 fully saturated rings. The van der Waals surface area contributed by atoms with E-state index in [0.29, 0.717) is 32.5 Å². The fraction of sp³-hybridized carbons (Fsp3) is 0.562. The lowest BCUT2D eigenvalue weighted by Gasteiger charge is -2.37. The van der Waals surface area contributed by atoms with Crippen molar-refractivity contribution in [2.24, 2.45) is 5.41 Å². The minimum Gasteiger partial charge on any atom is -0.465 e.